The second kappa shape index (κ2) is 14.7. The van der Waals surface area contributed by atoms with Crippen LogP contribution in [-0.4, -0.2) is 97.7 Å². The van der Waals surface area contributed by atoms with E-state index in [9.17, 15) is 0 Å². The molecule has 0 radical (unpaired) electrons. The minimum Gasteiger partial charge on any atom is -0.357 e. The number of guanidine groups is 1. The van der Waals surface area contributed by atoms with Gasteiger partial charge in [0.05, 0.1) is 0 Å². The summed E-state index contributed by atoms with van der Waals surface area (Å²) in [6.07, 6.45) is 8.81. The van der Waals surface area contributed by atoms with Gasteiger partial charge in [0.15, 0.2) is 5.96 Å². The maximum atomic E-state index is 4.76. The van der Waals surface area contributed by atoms with E-state index in [-0.39, 0.29) is 24.0 Å². The van der Waals surface area contributed by atoms with Gasteiger partial charge < -0.3 is 20.4 Å². The molecule has 3 heterocycles. The van der Waals surface area contributed by atoms with Crippen molar-refractivity contribution in [2.24, 2.45) is 4.99 Å². The predicted octanol–water partition coefficient (Wildman–Crippen LogP) is 1.65. The number of aromatic nitrogens is 2. The average Bonchev–Trinajstić information content (AvgIpc) is 2.78. The Morgan fingerprint density at radius 3 is 2.33 bits per heavy atom. The monoisotopic (exact) mass is 530 g/mol. The maximum absolute atomic E-state index is 4.76. The van der Waals surface area contributed by atoms with Gasteiger partial charge >= 0.3 is 0 Å². The molecule has 0 bridgehead atoms. The van der Waals surface area contributed by atoms with Gasteiger partial charge in [-0.05, 0) is 45.3 Å². The molecule has 9 heteroatoms. The van der Waals surface area contributed by atoms with Gasteiger partial charge in [-0.2, -0.15) is 0 Å². The van der Waals surface area contributed by atoms with Crippen LogP contribution in [0.2, 0.25) is 0 Å². The number of piperazine rings is 1. The lowest BCUT2D eigenvalue weighted by Crippen LogP contribution is -2.47. The number of halogens is 1. The molecule has 1 aromatic rings. The van der Waals surface area contributed by atoms with Crippen LogP contribution in [-0.2, 0) is 0 Å². The number of nitrogens with zero attached hydrogens (tertiary/aromatic N) is 6. The van der Waals surface area contributed by atoms with E-state index in [1.165, 1.54) is 32.4 Å². The van der Waals surface area contributed by atoms with E-state index >= 15 is 0 Å². The van der Waals surface area contributed by atoms with Gasteiger partial charge in [0, 0.05) is 71.3 Å². The Balaban J connectivity index is 0.00000320. The van der Waals surface area contributed by atoms with Crippen molar-refractivity contribution in [1.29, 1.82) is 0 Å². The zero-order valence-electron chi connectivity index (χ0n) is 18.4. The molecule has 0 spiro atoms. The summed E-state index contributed by atoms with van der Waals surface area (Å²) in [7, 11) is 0. The van der Waals surface area contributed by atoms with Crippen LogP contribution < -0.4 is 15.5 Å². The molecule has 30 heavy (non-hydrogen) atoms. The summed E-state index contributed by atoms with van der Waals surface area (Å²) in [4.78, 5) is 20.8. The molecule has 2 aliphatic rings. The third-order valence-electron chi connectivity index (χ3n) is 5.62. The summed E-state index contributed by atoms with van der Waals surface area (Å²) in [6, 6.07) is 1.87. The molecule has 2 aliphatic heterocycles. The quantitative estimate of drug-likeness (QED) is 0.218. The fourth-order valence-corrected chi connectivity index (χ4v) is 3.97. The lowest BCUT2D eigenvalue weighted by molar-refractivity contribution is 0.232. The molecule has 0 aliphatic carbocycles. The SMILES string of the molecule is CCNC(=NCCCN1CCN(c2ncccn2)CC1)NCCN1CCCCC1.I. The smallest absolute Gasteiger partial charge is 0.225 e. The summed E-state index contributed by atoms with van der Waals surface area (Å²) in [5.41, 5.74) is 0. The molecule has 0 aromatic carbocycles. The fraction of sp³-hybridized carbons (Fsp3) is 0.762. The van der Waals surface area contributed by atoms with Crippen LogP contribution >= 0.6 is 24.0 Å². The van der Waals surface area contributed by atoms with Gasteiger partial charge in [0.25, 0.3) is 0 Å². The van der Waals surface area contributed by atoms with E-state index in [0.29, 0.717) is 0 Å². The standard InChI is InChI=1S/C21H38N8.HI/c1-2-22-20(24-11-15-27-12-4-3-5-13-27)23-10-7-14-28-16-18-29(19-17-28)21-25-8-6-9-26-21;/h6,8-9H,2-5,7,10-19H2,1H3,(H2,22,23,24);1H. The number of likely N-dealkylation sites (tertiary alicyclic amines) is 1. The first-order valence-electron chi connectivity index (χ1n) is 11.3. The predicted molar refractivity (Wildman–Crippen MR) is 135 cm³/mol. The van der Waals surface area contributed by atoms with Crippen LogP contribution in [0.1, 0.15) is 32.6 Å². The van der Waals surface area contributed by atoms with E-state index in [2.05, 4.69) is 42.2 Å². The summed E-state index contributed by atoms with van der Waals surface area (Å²) in [5, 5.41) is 6.86. The Morgan fingerprint density at radius 2 is 1.63 bits per heavy atom. The van der Waals surface area contributed by atoms with Gasteiger partial charge in [-0.1, -0.05) is 6.42 Å². The number of anilines is 1. The molecule has 170 valence electrons. The van der Waals surface area contributed by atoms with Gasteiger partial charge in [-0.15, -0.1) is 24.0 Å². The highest BCUT2D eigenvalue weighted by Gasteiger charge is 2.18. The normalized spacial score (nSPS) is 18.7. The topological polar surface area (TPSA) is 71.9 Å². The van der Waals surface area contributed by atoms with Gasteiger partial charge in [-0.25, -0.2) is 9.97 Å². The molecule has 2 N–H and O–H groups in total. The van der Waals surface area contributed by atoms with Crippen LogP contribution in [0.4, 0.5) is 5.95 Å². The molecule has 3 rings (SSSR count). The van der Waals surface area contributed by atoms with E-state index < -0.39 is 0 Å². The number of hydrogen-bond acceptors (Lipinski definition) is 6. The Bertz CT molecular complexity index is 586. The van der Waals surface area contributed by atoms with Crippen molar-refractivity contribution in [3.63, 3.8) is 0 Å². The fourth-order valence-electron chi connectivity index (χ4n) is 3.97. The second-order valence-corrected chi connectivity index (χ2v) is 7.82. The molecule has 0 unspecified atom stereocenters. The summed E-state index contributed by atoms with van der Waals surface area (Å²) < 4.78 is 0. The Morgan fingerprint density at radius 1 is 0.933 bits per heavy atom. The molecule has 0 atom stereocenters. The molecule has 0 saturated carbocycles. The molecule has 8 nitrogen and oxygen atoms in total. The van der Waals surface area contributed by atoms with Crippen molar-refractivity contribution >= 4 is 35.9 Å². The Labute approximate surface area is 198 Å². The van der Waals surface area contributed by atoms with Crippen molar-refractivity contribution in [1.82, 2.24) is 30.4 Å². The largest absolute Gasteiger partial charge is 0.357 e. The maximum Gasteiger partial charge on any atom is 0.225 e. The highest BCUT2D eigenvalue weighted by Crippen LogP contribution is 2.10. The third-order valence-corrected chi connectivity index (χ3v) is 5.62. The summed E-state index contributed by atoms with van der Waals surface area (Å²) >= 11 is 0. The van der Waals surface area contributed by atoms with Crippen molar-refractivity contribution in [2.75, 3.05) is 76.9 Å². The number of nitrogens with one attached hydrogen (secondary N) is 2. The minimum atomic E-state index is 0. The van der Waals surface area contributed by atoms with Crippen LogP contribution in [0, 0.1) is 0 Å². The van der Waals surface area contributed by atoms with Gasteiger partial charge in [-0.3, -0.25) is 9.89 Å². The van der Waals surface area contributed by atoms with Crippen LogP contribution in [0.3, 0.4) is 0 Å². The molecule has 2 fully saturated rings. The first-order valence-corrected chi connectivity index (χ1v) is 11.3. The third kappa shape index (κ3) is 8.89. The van der Waals surface area contributed by atoms with Crippen molar-refractivity contribution in [2.45, 2.75) is 32.6 Å². The highest BCUT2D eigenvalue weighted by molar-refractivity contribution is 14.0. The minimum absolute atomic E-state index is 0. The average molecular weight is 531 g/mol. The first-order chi connectivity index (χ1) is 14.3. The van der Waals surface area contributed by atoms with Crippen molar-refractivity contribution < 1.29 is 0 Å². The van der Waals surface area contributed by atoms with E-state index in [1.54, 1.807) is 0 Å². The lowest BCUT2D eigenvalue weighted by atomic mass is 10.1. The molecule has 0 amide bonds. The van der Waals surface area contributed by atoms with E-state index in [1.807, 2.05) is 18.5 Å². The van der Waals surface area contributed by atoms with Gasteiger partial charge in [0.2, 0.25) is 5.95 Å². The Hall–Kier alpha value is -1.20. The Kier molecular flexibility index (Phi) is 12.3. The van der Waals surface area contributed by atoms with Crippen LogP contribution in [0.25, 0.3) is 0 Å². The van der Waals surface area contributed by atoms with Crippen molar-refractivity contribution in [3.05, 3.63) is 18.5 Å². The number of hydrogen-bond donors (Lipinski definition) is 2. The second-order valence-electron chi connectivity index (χ2n) is 7.82. The number of rotatable bonds is 9. The molecule has 2 saturated heterocycles. The van der Waals surface area contributed by atoms with Crippen molar-refractivity contribution in [3.8, 4) is 0 Å². The van der Waals surface area contributed by atoms with Crippen LogP contribution in [0.15, 0.2) is 23.5 Å². The number of aliphatic imine (C=N–C) groups is 1. The summed E-state index contributed by atoms with van der Waals surface area (Å²) in [5.74, 6) is 1.80. The molecule has 1 aromatic heterocycles. The van der Waals surface area contributed by atoms with Gasteiger partial charge in [0.1, 0.15) is 0 Å². The van der Waals surface area contributed by atoms with Crippen LogP contribution in [0.5, 0.6) is 0 Å². The summed E-state index contributed by atoms with van der Waals surface area (Å²) in [6.45, 7) is 13.7. The molecular weight excluding hydrogens is 491 g/mol. The highest BCUT2D eigenvalue weighted by atomic mass is 127. The zero-order chi connectivity index (χ0) is 20.2. The van der Waals surface area contributed by atoms with E-state index in [0.717, 1.165) is 77.2 Å². The first kappa shape index (κ1) is 25.1. The number of piperidine rings is 1. The van der Waals surface area contributed by atoms with E-state index in [4.69, 9.17) is 4.99 Å². The molecular formula is C21H39IN8. The lowest BCUT2D eigenvalue weighted by Gasteiger charge is -2.34. The zero-order valence-corrected chi connectivity index (χ0v) is 20.8.